The van der Waals surface area contributed by atoms with Crippen LogP contribution in [0.15, 0.2) is 0 Å². The van der Waals surface area contributed by atoms with Crippen molar-refractivity contribution >= 4 is 91.9 Å². The van der Waals surface area contributed by atoms with Crippen LogP contribution in [-0.2, 0) is 90.7 Å². The van der Waals surface area contributed by atoms with Crippen LogP contribution >= 0.6 is 7.37 Å². The molecular weight excluding hydrogens is 745 g/mol. The summed E-state index contributed by atoms with van der Waals surface area (Å²) in [5.41, 5.74) is 0. The van der Waals surface area contributed by atoms with Gasteiger partial charge in [-0.05, 0) is 46.9 Å². The van der Waals surface area contributed by atoms with Crippen molar-refractivity contribution in [3.05, 3.63) is 0 Å². The number of carbonyl (C=O) groups is 7. The van der Waals surface area contributed by atoms with Crippen LogP contribution in [0.5, 0.6) is 0 Å². The van der Waals surface area contributed by atoms with Crippen molar-refractivity contribution in [2.45, 2.75) is 74.6 Å². The number of hydrogen-bond donors (Lipinski definition) is 0. The van der Waals surface area contributed by atoms with Gasteiger partial charge in [0.2, 0.25) is 25.7 Å². The summed E-state index contributed by atoms with van der Waals surface area (Å²) >= 11 is -1.07. The molecule has 0 N–H and O–H groups in total. The molecule has 0 spiro atoms. The molecule has 0 fully saturated rings. The minimum absolute atomic E-state index is 0.0255. The average Bonchev–Trinajstić information content (AvgIpc) is 2.91. The molecule has 0 aromatic heterocycles. The Morgan fingerprint density at radius 3 is 1.00 bits per heavy atom. The Hall–Kier alpha value is -2.55. The summed E-state index contributed by atoms with van der Waals surface area (Å²) in [6.07, 6.45) is 2.47. The molecule has 1 unspecified atom stereocenters. The third kappa shape index (κ3) is 85.3. The topological polar surface area (TPSA) is 252 Å². The van der Waals surface area contributed by atoms with Gasteiger partial charge in [-0.15, -0.1) is 0 Å². The number of ketones is 3. The summed E-state index contributed by atoms with van der Waals surface area (Å²) in [7, 11) is -2.03. The highest BCUT2D eigenvalue weighted by Crippen LogP contribution is 2.35. The molecule has 50 heavy (non-hydrogen) atoms. The van der Waals surface area contributed by atoms with E-state index in [0.29, 0.717) is 0 Å². The number of rotatable bonds is 9. The number of ether oxygens (including phenoxy) is 1. The van der Waals surface area contributed by atoms with E-state index in [0.717, 1.165) is 20.3 Å². The van der Waals surface area contributed by atoms with Gasteiger partial charge in [0, 0.05) is 54.4 Å². The molecule has 0 saturated heterocycles. The van der Waals surface area contributed by atoms with Gasteiger partial charge in [0.1, 0.15) is 0 Å². The Balaban J connectivity index is -0.0000000873. The number of esters is 1. The minimum atomic E-state index is -3.16. The highest BCUT2D eigenvalue weighted by atomic mass is 32.2. The van der Waals surface area contributed by atoms with Crippen molar-refractivity contribution in [3.63, 3.8) is 0 Å². The number of Topliss-reactive ketones (excluding diaryl/α,β-unsaturated/α-hetero) is 3. The van der Waals surface area contributed by atoms with Crippen molar-refractivity contribution < 1.29 is 82.1 Å². The fourth-order valence-electron chi connectivity index (χ4n) is 1.12. The molecular formula is C26H57B2O18PS2Si. The van der Waals surface area contributed by atoms with Gasteiger partial charge in [0.15, 0.2) is 18.4 Å². The lowest BCUT2D eigenvalue weighted by molar-refractivity contribution is -0.150. The van der Waals surface area contributed by atoms with Crippen LogP contribution in [0, 0.1) is 0 Å². The SMILES string of the molecule is CB(C)OC(=O)C(C)=O.CB(C)OC(C)=O.CC(=O)C(=O)O[Si](C)(C)C.COC(=O)C(C)=O.COP(C)(C)=O.COS(C)(=O)=O.COS(C)=O. The maximum Gasteiger partial charge on any atom is 0.374 e. The van der Waals surface area contributed by atoms with Gasteiger partial charge in [0.05, 0.1) is 27.6 Å². The van der Waals surface area contributed by atoms with Crippen LogP contribution in [0.25, 0.3) is 0 Å². The smallest absolute Gasteiger partial charge is 0.374 e. The van der Waals surface area contributed by atoms with Gasteiger partial charge >= 0.3 is 31.7 Å². The van der Waals surface area contributed by atoms with Gasteiger partial charge in [-0.1, -0.05) is 0 Å². The predicted molar refractivity (Wildman–Crippen MR) is 196 cm³/mol. The molecule has 0 heterocycles. The second-order valence-electron chi connectivity index (χ2n) is 10.6. The van der Waals surface area contributed by atoms with E-state index in [1.807, 2.05) is 33.3 Å². The molecule has 0 aliphatic heterocycles. The average molecular weight is 803 g/mol. The maximum absolute atomic E-state index is 10.6. The normalized spacial score (nSPS) is 10.1. The molecule has 0 aromatic rings. The monoisotopic (exact) mass is 802 g/mol. The number of carbonyl (C=O) groups excluding carboxylic acids is 7. The highest BCUT2D eigenvalue weighted by Gasteiger charge is 2.22. The van der Waals surface area contributed by atoms with Crippen molar-refractivity contribution in [2.75, 3.05) is 54.3 Å². The first-order chi connectivity index (χ1) is 22.1. The molecule has 0 rings (SSSR count). The summed E-state index contributed by atoms with van der Waals surface area (Å²) < 4.78 is 70.2. The second kappa shape index (κ2) is 34.9. The van der Waals surface area contributed by atoms with E-state index < -0.39 is 72.1 Å². The summed E-state index contributed by atoms with van der Waals surface area (Å²) in [6.45, 7) is 20.5. The second-order valence-corrected chi connectivity index (χ2v) is 20.8. The lowest BCUT2D eigenvalue weighted by Crippen LogP contribution is -2.31. The lowest BCUT2D eigenvalue weighted by Gasteiger charge is -2.15. The third-order valence-corrected chi connectivity index (χ3v) is 5.92. The van der Waals surface area contributed by atoms with Gasteiger partial charge in [0.25, 0.3) is 16.1 Å². The Bertz CT molecular complexity index is 1200. The van der Waals surface area contributed by atoms with Gasteiger partial charge in [-0.2, -0.15) is 8.42 Å². The van der Waals surface area contributed by atoms with Crippen LogP contribution in [0.2, 0.25) is 46.9 Å². The van der Waals surface area contributed by atoms with Crippen molar-refractivity contribution in [1.82, 2.24) is 0 Å². The first kappa shape index (κ1) is 62.6. The molecule has 0 aliphatic rings. The van der Waals surface area contributed by atoms with Crippen LogP contribution in [0.4, 0.5) is 0 Å². The van der Waals surface area contributed by atoms with E-state index in [9.17, 15) is 50.8 Å². The molecule has 1 atom stereocenters. The van der Waals surface area contributed by atoms with Crippen molar-refractivity contribution in [3.8, 4) is 0 Å². The largest absolute Gasteiger partial charge is 0.537 e. The molecule has 18 nitrogen and oxygen atoms in total. The van der Waals surface area contributed by atoms with Crippen LogP contribution in [0.1, 0.15) is 27.7 Å². The molecule has 24 heteroatoms. The predicted octanol–water partition coefficient (Wildman–Crippen LogP) is 2.56. The van der Waals surface area contributed by atoms with Crippen molar-refractivity contribution in [2.24, 2.45) is 0 Å². The zero-order valence-corrected chi connectivity index (χ0v) is 36.3. The molecule has 0 aliphatic carbocycles. The van der Waals surface area contributed by atoms with Crippen molar-refractivity contribution in [1.29, 1.82) is 0 Å². The van der Waals surface area contributed by atoms with Crippen LogP contribution in [0.3, 0.4) is 0 Å². The van der Waals surface area contributed by atoms with E-state index in [1.54, 1.807) is 27.0 Å². The summed E-state index contributed by atoms with van der Waals surface area (Å²) in [4.78, 5) is 71.4. The number of methoxy groups -OCH3 is 1. The van der Waals surface area contributed by atoms with Crippen LogP contribution < -0.4 is 0 Å². The minimum Gasteiger partial charge on any atom is -0.537 e. The van der Waals surface area contributed by atoms with Crippen LogP contribution in [-0.4, -0.2) is 130 Å². The van der Waals surface area contributed by atoms with E-state index >= 15 is 0 Å². The third-order valence-electron chi connectivity index (χ3n) is 3.17. The first-order valence-corrected chi connectivity index (χ1v) is 23.2. The highest BCUT2D eigenvalue weighted by molar-refractivity contribution is 7.85. The molecule has 0 bridgehead atoms. The van der Waals surface area contributed by atoms with E-state index in [-0.39, 0.29) is 19.8 Å². The summed E-state index contributed by atoms with van der Waals surface area (Å²) in [5, 5.41) is 0. The van der Waals surface area contributed by atoms with E-state index in [1.165, 1.54) is 48.4 Å². The molecule has 0 aromatic carbocycles. The van der Waals surface area contributed by atoms with Gasteiger partial charge < -0.3 is 23.0 Å². The number of hydrogen-bond acceptors (Lipinski definition) is 18. The van der Waals surface area contributed by atoms with E-state index in [4.69, 9.17) is 4.43 Å². The Kier molecular flexibility index (Phi) is 43.6. The standard InChI is InChI=1S/C6H12O3Si.C5H9BO3.C4H9BO2.C4H6O3.C3H9O2P.C2H6O3S.C2H6O2S/c1-5(7)6(8)9-10(2,3)4;1-4(7)5(8)9-6(2)3;1-4(6)7-5(2)3;1-3(5)4(6)7-2;2*1-5-6(2,3)4;1-4-5(2)3/h1-4H3;1-3H3;1-3H3;1-2H3;1-3H3;1-2H3;1-2H3. The summed E-state index contributed by atoms with van der Waals surface area (Å²) in [6, 6.07) is 0. The van der Waals surface area contributed by atoms with E-state index in [2.05, 4.69) is 26.9 Å². The maximum atomic E-state index is 10.6. The fraction of sp³-hybridized carbons (Fsp3) is 0.731. The Morgan fingerprint density at radius 1 is 0.680 bits per heavy atom. The van der Waals surface area contributed by atoms with Gasteiger partial charge in [-0.3, -0.25) is 32.1 Å². The zero-order chi connectivity index (χ0) is 42.2. The Labute approximate surface area is 302 Å². The fourth-order valence-corrected chi connectivity index (χ4v) is 1.82. The zero-order valence-electron chi connectivity index (χ0n) is 32.8. The molecule has 0 amide bonds. The quantitative estimate of drug-likeness (QED) is 0.107. The first-order valence-electron chi connectivity index (χ1n) is 14.0. The summed E-state index contributed by atoms with van der Waals surface area (Å²) in [5.74, 6) is -4.12. The lowest BCUT2D eigenvalue weighted by atomic mass is 9.75. The Morgan fingerprint density at radius 2 is 0.960 bits per heavy atom. The molecule has 296 valence electrons. The molecule has 0 saturated carbocycles. The van der Waals surface area contributed by atoms with Gasteiger partial charge in [-0.25, -0.2) is 18.6 Å². The molecule has 0 radical (unpaired) electrons.